The van der Waals surface area contributed by atoms with Crippen molar-refractivity contribution in [3.63, 3.8) is 0 Å². The van der Waals surface area contributed by atoms with Crippen LogP contribution >= 0.6 is 15.9 Å². The van der Waals surface area contributed by atoms with Gasteiger partial charge in [0.15, 0.2) is 0 Å². The first-order valence-corrected chi connectivity index (χ1v) is 4.59. The second-order valence-corrected chi connectivity index (χ2v) is 3.33. The molecule has 0 atom stereocenters. The molecule has 0 amide bonds. The van der Waals surface area contributed by atoms with E-state index in [1.165, 1.54) is 12.1 Å². The largest absolute Gasteiger partial charge is 0.206 e. The fourth-order valence-electron chi connectivity index (χ4n) is 0.974. The number of rotatable bonds is 3. The lowest BCUT2D eigenvalue weighted by Gasteiger charge is -2.03. The van der Waals surface area contributed by atoms with Gasteiger partial charge in [0.1, 0.15) is 11.6 Å². The van der Waals surface area contributed by atoms with Crippen molar-refractivity contribution >= 4 is 15.9 Å². The molecule has 0 spiro atoms. The first-order chi connectivity index (χ1) is 6.66. The normalized spacial score (nSPS) is 9.64. The van der Waals surface area contributed by atoms with Crippen LogP contribution < -0.4 is 0 Å². The first kappa shape index (κ1) is 10.9. The molecule has 1 aromatic rings. The minimum absolute atomic E-state index is 0.158. The highest BCUT2D eigenvalue weighted by Crippen LogP contribution is 2.22. The topological polar surface area (TPSA) is 48.8 Å². The molecule has 0 heterocycles. The monoisotopic (exact) mass is 261 g/mol. The lowest BCUT2D eigenvalue weighted by atomic mass is 10.1. The third-order valence-corrected chi connectivity index (χ3v) is 2.39. The quantitative estimate of drug-likeness (QED) is 0.346. The summed E-state index contributed by atoms with van der Waals surface area (Å²) in [6, 6.07) is 2.50. The molecule has 0 aliphatic carbocycles. The molecule has 0 bridgehead atoms. The van der Waals surface area contributed by atoms with Gasteiger partial charge in [-0.1, -0.05) is 11.2 Å². The van der Waals surface area contributed by atoms with Crippen LogP contribution in [0.25, 0.3) is 10.4 Å². The fraction of sp³-hybridized carbons (Fsp3) is 0.250. The van der Waals surface area contributed by atoms with Crippen molar-refractivity contribution < 1.29 is 8.78 Å². The molecule has 3 nitrogen and oxygen atoms in total. The summed E-state index contributed by atoms with van der Waals surface area (Å²) in [5.74, 6) is -1.28. The fourth-order valence-corrected chi connectivity index (χ4v) is 1.36. The third-order valence-electron chi connectivity index (χ3n) is 1.66. The second kappa shape index (κ2) is 4.93. The molecule has 0 aliphatic rings. The Hall–Kier alpha value is -1.13. The summed E-state index contributed by atoms with van der Waals surface area (Å²) < 4.78 is 25.9. The number of benzene rings is 1. The summed E-state index contributed by atoms with van der Waals surface area (Å²) in [6.45, 7) is 0.158. The molecule has 6 heteroatoms. The van der Waals surface area contributed by atoms with Crippen molar-refractivity contribution in [1.29, 1.82) is 0 Å². The van der Waals surface area contributed by atoms with Crippen LogP contribution in [-0.2, 0) is 6.42 Å². The summed E-state index contributed by atoms with van der Waals surface area (Å²) in [7, 11) is 0. The van der Waals surface area contributed by atoms with Gasteiger partial charge in [-0.2, -0.15) is 0 Å². The van der Waals surface area contributed by atoms with Gasteiger partial charge in [0.2, 0.25) is 0 Å². The minimum Gasteiger partial charge on any atom is -0.206 e. The zero-order valence-electron chi connectivity index (χ0n) is 7.04. The van der Waals surface area contributed by atoms with Gasteiger partial charge in [-0.05, 0) is 39.5 Å². The van der Waals surface area contributed by atoms with Crippen LogP contribution in [0.2, 0.25) is 0 Å². The van der Waals surface area contributed by atoms with E-state index in [4.69, 9.17) is 5.53 Å². The van der Waals surface area contributed by atoms with Crippen LogP contribution in [0.1, 0.15) is 5.56 Å². The minimum atomic E-state index is -0.643. The smallest absolute Gasteiger partial charge is 0.143 e. The Morgan fingerprint density at radius 3 is 2.79 bits per heavy atom. The van der Waals surface area contributed by atoms with Crippen molar-refractivity contribution in [3.05, 3.63) is 44.2 Å². The highest BCUT2D eigenvalue weighted by atomic mass is 79.9. The van der Waals surface area contributed by atoms with Gasteiger partial charge in [0.25, 0.3) is 0 Å². The molecule has 0 saturated heterocycles. The van der Waals surface area contributed by atoms with E-state index in [0.717, 1.165) is 0 Å². The maximum absolute atomic E-state index is 13.3. The number of nitrogens with zero attached hydrogens (tertiary/aromatic N) is 3. The molecular weight excluding hydrogens is 256 g/mol. The summed E-state index contributed by atoms with van der Waals surface area (Å²) in [5.41, 5.74) is 8.33. The average molecular weight is 262 g/mol. The van der Waals surface area contributed by atoms with Crippen molar-refractivity contribution in [2.24, 2.45) is 5.11 Å². The molecule has 14 heavy (non-hydrogen) atoms. The Morgan fingerprint density at radius 2 is 2.14 bits per heavy atom. The molecule has 1 rings (SSSR count). The van der Waals surface area contributed by atoms with E-state index in [0.29, 0.717) is 5.56 Å². The van der Waals surface area contributed by atoms with Gasteiger partial charge >= 0.3 is 0 Å². The van der Waals surface area contributed by atoms with Crippen molar-refractivity contribution in [1.82, 2.24) is 0 Å². The maximum atomic E-state index is 13.3. The molecule has 0 radical (unpaired) electrons. The predicted octanol–water partition coefficient (Wildman–Crippen LogP) is 3.58. The molecular formula is C8H6BrF2N3. The molecule has 0 fully saturated rings. The van der Waals surface area contributed by atoms with E-state index in [9.17, 15) is 8.78 Å². The lowest BCUT2D eigenvalue weighted by Crippen LogP contribution is -1.96. The van der Waals surface area contributed by atoms with E-state index in [1.807, 2.05) is 0 Å². The SMILES string of the molecule is [N-]=[N+]=NCCc1ccc(F)c(Br)c1F. The van der Waals surface area contributed by atoms with Gasteiger partial charge in [0, 0.05) is 11.5 Å². The number of hydrogen-bond donors (Lipinski definition) is 0. The Balaban J connectivity index is 2.88. The third kappa shape index (κ3) is 2.43. The van der Waals surface area contributed by atoms with Gasteiger partial charge in [-0.15, -0.1) is 0 Å². The Kier molecular flexibility index (Phi) is 3.85. The van der Waals surface area contributed by atoms with Crippen LogP contribution in [0.4, 0.5) is 8.78 Å². The number of azide groups is 1. The van der Waals surface area contributed by atoms with Crippen LogP contribution in [0.5, 0.6) is 0 Å². The predicted molar refractivity (Wildman–Crippen MR) is 51.8 cm³/mol. The summed E-state index contributed by atoms with van der Waals surface area (Å²) >= 11 is 2.79. The molecule has 0 aromatic heterocycles. The van der Waals surface area contributed by atoms with Crippen LogP contribution in [0, 0.1) is 11.6 Å². The molecule has 0 unspecified atom stereocenters. The van der Waals surface area contributed by atoms with Gasteiger partial charge in [0.05, 0.1) is 4.47 Å². The Bertz CT molecular complexity index is 388. The highest BCUT2D eigenvalue weighted by Gasteiger charge is 2.09. The standard InChI is InChI=1S/C8H6BrF2N3/c9-7-6(10)2-1-5(8(7)11)3-4-13-14-12/h1-2H,3-4H2. The molecule has 0 aliphatic heterocycles. The number of halogens is 3. The second-order valence-electron chi connectivity index (χ2n) is 2.54. The van der Waals surface area contributed by atoms with E-state index in [-0.39, 0.29) is 17.4 Å². The first-order valence-electron chi connectivity index (χ1n) is 3.80. The summed E-state index contributed by atoms with van der Waals surface area (Å²) in [4.78, 5) is 2.54. The summed E-state index contributed by atoms with van der Waals surface area (Å²) in [5, 5.41) is 3.27. The summed E-state index contributed by atoms with van der Waals surface area (Å²) in [6.07, 6.45) is 0.259. The van der Waals surface area contributed by atoms with Crippen molar-refractivity contribution in [3.8, 4) is 0 Å². The van der Waals surface area contributed by atoms with E-state index in [1.54, 1.807) is 0 Å². The Labute approximate surface area is 87.5 Å². The van der Waals surface area contributed by atoms with Crippen molar-refractivity contribution in [2.45, 2.75) is 6.42 Å². The average Bonchev–Trinajstić information content (AvgIpc) is 2.18. The van der Waals surface area contributed by atoms with E-state index >= 15 is 0 Å². The molecule has 1 aromatic carbocycles. The van der Waals surface area contributed by atoms with Gasteiger partial charge in [-0.3, -0.25) is 0 Å². The van der Waals surface area contributed by atoms with E-state index < -0.39 is 11.6 Å². The zero-order valence-corrected chi connectivity index (χ0v) is 8.63. The van der Waals surface area contributed by atoms with Gasteiger partial charge < -0.3 is 0 Å². The molecule has 0 saturated carbocycles. The molecule has 0 N–H and O–H groups in total. The molecule has 74 valence electrons. The number of hydrogen-bond acceptors (Lipinski definition) is 1. The van der Waals surface area contributed by atoms with Crippen molar-refractivity contribution in [2.75, 3.05) is 6.54 Å². The van der Waals surface area contributed by atoms with Gasteiger partial charge in [-0.25, -0.2) is 8.78 Å². The van der Waals surface area contributed by atoms with Crippen LogP contribution in [0.15, 0.2) is 21.7 Å². The highest BCUT2D eigenvalue weighted by molar-refractivity contribution is 9.10. The maximum Gasteiger partial charge on any atom is 0.143 e. The van der Waals surface area contributed by atoms with Crippen LogP contribution in [-0.4, -0.2) is 6.54 Å². The van der Waals surface area contributed by atoms with Crippen LogP contribution in [0.3, 0.4) is 0 Å². The lowest BCUT2D eigenvalue weighted by molar-refractivity contribution is 0.561. The zero-order chi connectivity index (χ0) is 10.6. The van der Waals surface area contributed by atoms with E-state index in [2.05, 4.69) is 26.0 Å². The Morgan fingerprint density at radius 1 is 1.43 bits per heavy atom.